The SMILES string of the molecule is CC(F)(F)C(F)(F)OCC(COC(=O)C12CC3CC(CC(O)(C3)C1)C2)OC(=O)C12CC3CC(CC(O)(C3)C1)C2. The molecule has 8 rings (SSSR count). The van der Waals surface area contributed by atoms with E-state index < -0.39 is 65.3 Å². The van der Waals surface area contributed by atoms with Crippen LogP contribution in [-0.2, 0) is 23.8 Å². The van der Waals surface area contributed by atoms with Crippen LogP contribution in [0.3, 0.4) is 0 Å². The average molecular weight is 563 g/mol. The molecular weight excluding hydrogens is 524 g/mol. The molecule has 0 radical (unpaired) electrons. The van der Waals surface area contributed by atoms with Crippen LogP contribution in [0.1, 0.15) is 84.0 Å². The molecule has 0 amide bonds. The lowest BCUT2D eigenvalue weighted by Gasteiger charge is -2.59. The van der Waals surface area contributed by atoms with Crippen molar-refractivity contribution in [2.24, 2.45) is 34.5 Å². The van der Waals surface area contributed by atoms with Gasteiger partial charge in [-0.05, 0) is 101 Å². The molecule has 8 fully saturated rings. The highest BCUT2D eigenvalue weighted by Crippen LogP contribution is 2.63. The Morgan fingerprint density at radius 1 is 0.769 bits per heavy atom. The third-order valence-electron chi connectivity index (χ3n) is 10.6. The smallest absolute Gasteiger partial charge is 0.419 e. The van der Waals surface area contributed by atoms with E-state index in [1.165, 1.54) is 0 Å². The molecule has 0 aromatic heterocycles. The molecule has 7 nitrogen and oxygen atoms in total. The molecule has 0 saturated heterocycles. The zero-order valence-electron chi connectivity index (χ0n) is 22.2. The zero-order chi connectivity index (χ0) is 28.1. The summed E-state index contributed by atoms with van der Waals surface area (Å²) in [5.74, 6) is -5.05. The minimum Gasteiger partial charge on any atom is -0.461 e. The molecule has 220 valence electrons. The number of carbonyl (C=O) groups excluding carboxylic acids is 2. The number of carbonyl (C=O) groups is 2. The normalized spacial score (nSPS) is 44.9. The van der Waals surface area contributed by atoms with Crippen molar-refractivity contribution in [1.82, 2.24) is 0 Å². The van der Waals surface area contributed by atoms with Crippen molar-refractivity contribution in [2.75, 3.05) is 13.2 Å². The number of hydrogen-bond donors (Lipinski definition) is 2. The van der Waals surface area contributed by atoms with Gasteiger partial charge in [-0.15, -0.1) is 0 Å². The van der Waals surface area contributed by atoms with Crippen molar-refractivity contribution < 1.29 is 51.6 Å². The maximum absolute atomic E-state index is 14.0. The first-order valence-corrected chi connectivity index (χ1v) is 14.2. The maximum atomic E-state index is 14.0. The Kier molecular flexibility index (Phi) is 6.23. The van der Waals surface area contributed by atoms with Crippen molar-refractivity contribution in [2.45, 2.75) is 113 Å². The van der Waals surface area contributed by atoms with E-state index in [4.69, 9.17) is 9.47 Å². The van der Waals surface area contributed by atoms with E-state index in [1.54, 1.807) is 0 Å². The van der Waals surface area contributed by atoms with Gasteiger partial charge >= 0.3 is 24.0 Å². The second-order valence-corrected chi connectivity index (χ2v) is 14.3. The molecule has 0 aromatic rings. The van der Waals surface area contributed by atoms with Gasteiger partial charge in [0.1, 0.15) is 6.61 Å². The van der Waals surface area contributed by atoms with Gasteiger partial charge in [0.05, 0.1) is 28.6 Å². The molecule has 0 spiro atoms. The molecule has 0 aromatic carbocycles. The Balaban J connectivity index is 1.16. The van der Waals surface area contributed by atoms with E-state index in [2.05, 4.69) is 4.74 Å². The van der Waals surface area contributed by atoms with Crippen molar-refractivity contribution in [3.05, 3.63) is 0 Å². The van der Waals surface area contributed by atoms with Crippen molar-refractivity contribution in [1.29, 1.82) is 0 Å². The second kappa shape index (κ2) is 8.77. The largest absolute Gasteiger partial charge is 0.461 e. The van der Waals surface area contributed by atoms with Gasteiger partial charge < -0.3 is 24.4 Å². The van der Waals surface area contributed by atoms with Crippen LogP contribution in [0.2, 0.25) is 0 Å². The number of esters is 2. The van der Waals surface area contributed by atoms with Gasteiger partial charge in [-0.1, -0.05) is 0 Å². The van der Waals surface area contributed by atoms with Gasteiger partial charge in [0.2, 0.25) is 0 Å². The fourth-order valence-electron chi connectivity index (χ4n) is 9.94. The van der Waals surface area contributed by atoms with Gasteiger partial charge in [-0.2, -0.15) is 17.6 Å². The summed E-state index contributed by atoms with van der Waals surface area (Å²) in [4.78, 5) is 26.8. The lowest BCUT2D eigenvalue weighted by molar-refractivity contribution is -0.346. The molecule has 39 heavy (non-hydrogen) atoms. The van der Waals surface area contributed by atoms with Gasteiger partial charge in [0.15, 0.2) is 6.10 Å². The first-order chi connectivity index (χ1) is 18.0. The Morgan fingerprint density at radius 2 is 1.21 bits per heavy atom. The molecule has 0 heterocycles. The van der Waals surface area contributed by atoms with E-state index in [1.807, 2.05) is 0 Å². The van der Waals surface area contributed by atoms with Crippen LogP contribution < -0.4 is 0 Å². The van der Waals surface area contributed by atoms with E-state index >= 15 is 0 Å². The average Bonchev–Trinajstić information content (AvgIpc) is 2.76. The predicted molar refractivity (Wildman–Crippen MR) is 126 cm³/mol. The van der Waals surface area contributed by atoms with Crippen LogP contribution in [-0.4, -0.2) is 64.7 Å². The van der Waals surface area contributed by atoms with Gasteiger partial charge in [-0.3, -0.25) is 9.59 Å². The lowest BCUT2D eigenvalue weighted by atomic mass is 9.48. The number of rotatable bonds is 9. The van der Waals surface area contributed by atoms with Gasteiger partial charge in [0, 0.05) is 6.92 Å². The number of aliphatic hydroxyl groups is 2. The minimum atomic E-state index is -4.82. The molecule has 0 aliphatic heterocycles. The fourth-order valence-corrected chi connectivity index (χ4v) is 9.94. The predicted octanol–water partition coefficient (Wildman–Crippen LogP) is 4.37. The molecule has 2 N–H and O–H groups in total. The summed E-state index contributed by atoms with van der Waals surface area (Å²) in [7, 11) is 0. The Hall–Kier alpha value is -1.46. The standard InChI is InChI=1S/C28H38F4O7/c1-23(29,30)28(31,32)38-13-20(39-22(34)25-6-18-3-19(7-25)11-27(36,10-18)15-25)12-37-21(33)24-4-16-2-17(5-24)9-26(35,8-16)14-24/h16-20,35-36H,2-15H2,1H3. The summed E-state index contributed by atoms with van der Waals surface area (Å²) in [5.41, 5.74) is -3.78. The van der Waals surface area contributed by atoms with Crippen molar-refractivity contribution in [3.8, 4) is 0 Å². The zero-order valence-corrected chi connectivity index (χ0v) is 22.2. The number of ether oxygens (including phenoxy) is 3. The molecular formula is C28H38F4O7. The highest BCUT2D eigenvalue weighted by molar-refractivity contribution is 5.79. The monoisotopic (exact) mass is 562 g/mol. The van der Waals surface area contributed by atoms with Crippen LogP contribution >= 0.6 is 0 Å². The second-order valence-electron chi connectivity index (χ2n) is 14.3. The number of hydrogen-bond acceptors (Lipinski definition) is 7. The topological polar surface area (TPSA) is 102 Å². The molecule has 8 saturated carbocycles. The molecule has 5 unspecified atom stereocenters. The quantitative estimate of drug-likeness (QED) is 0.318. The third kappa shape index (κ3) is 4.88. The van der Waals surface area contributed by atoms with E-state index in [0.717, 1.165) is 12.8 Å². The van der Waals surface area contributed by atoms with Crippen LogP contribution in [0.4, 0.5) is 17.6 Å². The summed E-state index contributed by atoms with van der Waals surface area (Å²) in [6.07, 6.45) is 0.613. The van der Waals surface area contributed by atoms with Crippen LogP contribution in [0.15, 0.2) is 0 Å². The lowest BCUT2D eigenvalue weighted by Crippen LogP contribution is -2.59. The van der Waals surface area contributed by atoms with E-state index in [-0.39, 0.29) is 43.4 Å². The summed E-state index contributed by atoms with van der Waals surface area (Å²) < 4.78 is 70.1. The van der Waals surface area contributed by atoms with Crippen molar-refractivity contribution >= 4 is 11.9 Å². The number of alkyl halides is 4. The Bertz CT molecular complexity index is 998. The highest BCUT2D eigenvalue weighted by atomic mass is 19.3. The first-order valence-electron chi connectivity index (χ1n) is 14.2. The molecule has 8 bridgehead atoms. The van der Waals surface area contributed by atoms with Gasteiger partial charge in [-0.25, -0.2) is 0 Å². The summed E-state index contributed by atoms with van der Waals surface area (Å²) in [5, 5.41) is 22.0. The third-order valence-corrected chi connectivity index (χ3v) is 10.6. The molecule has 8 aliphatic carbocycles. The molecule has 5 atom stereocenters. The summed E-state index contributed by atoms with van der Waals surface area (Å²) in [6.45, 7) is -1.69. The number of halogens is 4. The Morgan fingerprint density at radius 3 is 1.62 bits per heavy atom. The van der Waals surface area contributed by atoms with Crippen LogP contribution in [0.25, 0.3) is 0 Å². The van der Waals surface area contributed by atoms with Crippen molar-refractivity contribution in [3.63, 3.8) is 0 Å². The highest BCUT2D eigenvalue weighted by Gasteiger charge is 2.63. The van der Waals surface area contributed by atoms with Crippen LogP contribution in [0, 0.1) is 34.5 Å². The Labute approximate surface area is 224 Å². The first kappa shape index (κ1) is 27.7. The van der Waals surface area contributed by atoms with Crippen LogP contribution in [0.5, 0.6) is 0 Å². The molecule has 8 aliphatic rings. The summed E-state index contributed by atoms with van der Waals surface area (Å²) >= 11 is 0. The van der Waals surface area contributed by atoms with E-state index in [9.17, 15) is 37.4 Å². The fraction of sp³-hybridized carbons (Fsp3) is 0.929. The molecule has 11 heteroatoms. The maximum Gasteiger partial charge on any atom is 0.419 e. The summed E-state index contributed by atoms with van der Waals surface area (Å²) in [6, 6.07) is 0. The van der Waals surface area contributed by atoms with E-state index in [0.29, 0.717) is 51.4 Å². The minimum absolute atomic E-state index is 0.0297. The van der Waals surface area contributed by atoms with Gasteiger partial charge in [0.25, 0.3) is 0 Å².